The molecule has 0 amide bonds. The summed E-state index contributed by atoms with van der Waals surface area (Å²) in [7, 11) is 2.21. The van der Waals surface area contributed by atoms with E-state index in [0.29, 0.717) is 12.1 Å². The van der Waals surface area contributed by atoms with Crippen LogP contribution in [0.4, 0.5) is 0 Å². The van der Waals surface area contributed by atoms with Crippen molar-refractivity contribution in [1.29, 1.82) is 0 Å². The number of aliphatic hydroxyl groups excluding tert-OH is 1. The van der Waals surface area contributed by atoms with Crippen molar-refractivity contribution in [3.63, 3.8) is 0 Å². The molecule has 2 saturated heterocycles. The molecule has 0 radical (unpaired) electrons. The number of benzene rings is 1. The van der Waals surface area contributed by atoms with Crippen molar-refractivity contribution in [3.8, 4) is 0 Å². The van der Waals surface area contributed by atoms with E-state index in [0.717, 1.165) is 37.6 Å². The van der Waals surface area contributed by atoms with E-state index in [1.165, 1.54) is 31.5 Å². The first-order valence-electron chi connectivity index (χ1n) is 9.17. The Morgan fingerprint density at radius 2 is 1.96 bits per heavy atom. The molecule has 24 heavy (non-hydrogen) atoms. The Bertz CT molecular complexity index is 519. The summed E-state index contributed by atoms with van der Waals surface area (Å²) in [4.78, 5) is 7.61. The molecular weight excluding hydrogens is 322 g/mol. The first-order chi connectivity index (χ1) is 11.7. The van der Waals surface area contributed by atoms with Crippen molar-refractivity contribution >= 4 is 11.6 Å². The molecule has 0 saturated carbocycles. The molecule has 134 valence electrons. The number of piperazine rings is 1. The molecule has 4 nitrogen and oxygen atoms in total. The lowest BCUT2D eigenvalue weighted by atomic mass is 9.98. The third-order valence-corrected chi connectivity index (χ3v) is 5.76. The van der Waals surface area contributed by atoms with Crippen molar-refractivity contribution in [2.75, 3.05) is 46.4 Å². The molecule has 1 aromatic rings. The lowest BCUT2D eigenvalue weighted by Gasteiger charge is -2.47. The van der Waals surface area contributed by atoms with Crippen LogP contribution in [0.5, 0.6) is 0 Å². The van der Waals surface area contributed by atoms with Crippen LogP contribution in [0.25, 0.3) is 0 Å². The first kappa shape index (κ1) is 18.2. The zero-order chi connectivity index (χ0) is 16.9. The molecule has 0 aliphatic carbocycles. The third kappa shape index (κ3) is 4.70. The summed E-state index contributed by atoms with van der Waals surface area (Å²) < 4.78 is 0. The average molecular weight is 352 g/mol. The number of likely N-dealkylation sites (tertiary alicyclic amines) is 1. The highest BCUT2D eigenvalue weighted by Crippen LogP contribution is 2.24. The van der Waals surface area contributed by atoms with Gasteiger partial charge in [0.2, 0.25) is 0 Å². The van der Waals surface area contributed by atoms with Gasteiger partial charge in [-0.15, -0.1) is 0 Å². The predicted molar refractivity (Wildman–Crippen MR) is 99.4 cm³/mol. The van der Waals surface area contributed by atoms with Gasteiger partial charge in [-0.2, -0.15) is 0 Å². The second-order valence-electron chi connectivity index (χ2n) is 7.30. The number of piperidine rings is 1. The minimum absolute atomic E-state index is 0.277. The van der Waals surface area contributed by atoms with Crippen LogP contribution in [-0.4, -0.2) is 78.3 Å². The summed E-state index contributed by atoms with van der Waals surface area (Å²) in [6, 6.07) is 9.32. The molecule has 0 unspecified atom stereocenters. The maximum atomic E-state index is 9.52. The fourth-order valence-electron chi connectivity index (χ4n) is 4.18. The highest BCUT2D eigenvalue weighted by molar-refractivity contribution is 6.30. The van der Waals surface area contributed by atoms with E-state index < -0.39 is 0 Å². The molecule has 0 aromatic heterocycles. The molecular formula is C19H30ClN3O. The van der Waals surface area contributed by atoms with Crippen molar-refractivity contribution in [1.82, 2.24) is 14.7 Å². The summed E-state index contributed by atoms with van der Waals surface area (Å²) in [6.07, 6.45) is 3.39. The second kappa shape index (κ2) is 8.63. The van der Waals surface area contributed by atoms with E-state index >= 15 is 0 Å². The molecule has 3 rings (SSSR count). The number of halogens is 1. The minimum atomic E-state index is 0.277. The average Bonchev–Trinajstić information content (AvgIpc) is 2.57. The lowest BCUT2D eigenvalue weighted by Crippen LogP contribution is -2.58. The van der Waals surface area contributed by atoms with Gasteiger partial charge in [-0.3, -0.25) is 9.80 Å². The summed E-state index contributed by atoms with van der Waals surface area (Å²) in [5.41, 5.74) is 1.28. The Balaban J connectivity index is 1.60. The lowest BCUT2D eigenvalue weighted by molar-refractivity contribution is 0.00600. The monoisotopic (exact) mass is 351 g/mol. The van der Waals surface area contributed by atoms with E-state index in [9.17, 15) is 5.11 Å². The largest absolute Gasteiger partial charge is 0.396 e. The van der Waals surface area contributed by atoms with Gasteiger partial charge in [-0.1, -0.05) is 23.7 Å². The molecule has 2 aliphatic rings. The van der Waals surface area contributed by atoms with Gasteiger partial charge in [0.25, 0.3) is 0 Å². The smallest absolute Gasteiger partial charge is 0.0446 e. The Morgan fingerprint density at radius 3 is 2.67 bits per heavy atom. The quantitative estimate of drug-likeness (QED) is 0.881. The van der Waals surface area contributed by atoms with E-state index in [1.807, 2.05) is 12.1 Å². The van der Waals surface area contributed by atoms with E-state index in [2.05, 4.69) is 33.9 Å². The fraction of sp³-hybridized carbons (Fsp3) is 0.684. The third-order valence-electron chi connectivity index (χ3n) is 5.53. The summed E-state index contributed by atoms with van der Waals surface area (Å²) in [5.74, 6) is 0. The molecule has 0 bridgehead atoms. The van der Waals surface area contributed by atoms with Crippen LogP contribution in [0.3, 0.4) is 0 Å². The van der Waals surface area contributed by atoms with Crippen LogP contribution < -0.4 is 0 Å². The van der Waals surface area contributed by atoms with Gasteiger partial charge in [0.15, 0.2) is 0 Å². The van der Waals surface area contributed by atoms with E-state index in [1.54, 1.807) is 0 Å². The van der Waals surface area contributed by atoms with Gasteiger partial charge in [0.1, 0.15) is 0 Å². The van der Waals surface area contributed by atoms with E-state index in [-0.39, 0.29) is 6.61 Å². The van der Waals surface area contributed by atoms with Crippen LogP contribution >= 0.6 is 11.6 Å². The van der Waals surface area contributed by atoms with Gasteiger partial charge in [0.05, 0.1) is 0 Å². The van der Waals surface area contributed by atoms with Gasteiger partial charge in [-0.25, -0.2) is 0 Å². The normalized spacial score (nSPS) is 25.2. The molecule has 1 N–H and O–H groups in total. The number of hydrogen-bond acceptors (Lipinski definition) is 4. The molecule has 5 heteroatoms. The van der Waals surface area contributed by atoms with Gasteiger partial charge >= 0.3 is 0 Å². The second-order valence-corrected chi connectivity index (χ2v) is 7.74. The Hall–Kier alpha value is -0.650. The van der Waals surface area contributed by atoms with Crippen molar-refractivity contribution in [3.05, 3.63) is 34.9 Å². The number of aliphatic hydroxyl groups is 1. The molecule has 1 aromatic carbocycles. The summed E-state index contributed by atoms with van der Waals surface area (Å²) in [6.45, 7) is 6.86. The SMILES string of the molecule is CN1CCC(N2CCN(Cc3cccc(Cl)c3)C[C@@H]2CCO)CC1. The number of hydrogen-bond donors (Lipinski definition) is 1. The molecule has 1 atom stereocenters. The standard InChI is InChI=1S/C19H30ClN3O/c1-21-8-5-18(6-9-21)23-11-10-22(15-19(23)7-12-24)14-16-3-2-4-17(20)13-16/h2-4,13,18-19,24H,5-12,14-15H2,1H3/t19-/m0/s1. The van der Waals surface area contributed by atoms with Crippen LogP contribution in [0.2, 0.25) is 5.02 Å². The van der Waals surface area contributed by atoms with Crippen molar-refractivity contribution < 1.29 is 5.11 Å². The summed E-state index contributed by atoms with van der Waals surface area (Å²) in [5, 5.41) is 10.3. The maximum Gasteiger partial charge on any atom is 0.0446 e. The highest BCUT2D eigenvalue weighted by Gasteiger charge is 2.32. The zero-order valence-corrected chi connectivity index (χ0v) is 15.5. The van der Waals surface area contributed by atoms with Crippen LogP contribution in [0, 0.1) is 0 Å². The Morgan fingerprint density at radius 1 is 1.17 bits per heavy atom. The molecule has 0 spiro atoms. The molecule has 2 fully saturated rings. The number of rotatable bonds is 5. The van der Waals surface area contributed by atoms with Crippen LogP contribution in [0.15, 0.2) is 24.3 Å². The van der Waals surface area contributed by atoms with Crippen LogP contribution in [0.1, 0.15) is 24.8 Å². The first-order valence-corrected chi connectivity index (χ1v) is 9.55. The Kier molecular flexibility index (Phi) is 6.53. The van der Waals surface area contributed by atoms with Gasteiger partial charge in [-0.05, 0) is 57.1 Å². The zero-order valence-electron chi connectivity index (χ0n) is 14.7. The van der Waals surface area contributed by atoms with Crippen LogP contribution in [-0.2, 0) is 6.54 Å². The molecule has 2 heterocycles. The fourth-order valence-corrected chi connectivity index (χ4v) is 4.40. The maximum absolute atomic E-state index is 9.52. The van der Waals surface area contributed by atoms with Gasteiger partial charge in [0, 0.05) is 49.9 Å². The predicted octanol–water partition coefficient (Wildman–Crippen LogP) is 2.30. The van der Waals surface area contributed by atoms with E-state index in [4.69, 9.17) is 11.6 Å². The van der Waals surface area contributed by atoms with Crippen molar-refractivity contribution in [2.24, 2.45) is 0 Å². The number of nitrogens with zero attached hydrogens (tertiary/aromatic N) is 3. The highest BCUT2D eigenvalue weighted by atomic mass is 35.5. The minimum Gasteiger partial charge on any atom is -0.396 e. The summed E-state index contributed by atoms with van der Waals surface area (Å²) >= 11 is 6.11. The topological polar surface area (TPSA) is 30.0 Å². The Labute approximate surface area is 151 Å². The van der Waals surface area contributed by atoms with Gasteiger partial charge < -0.3 is 10.0 Å². The van der Waals surface area contributed by atoms with Crippen molar-refractivity contribution in [2.45, 2.75) is 37.9 Å². The molecule has 2 aliphatic heterocycles.